The molecule has 0 spiro atoms. The molecule has 3 fully saturated rings. The van der Waals surface area contributed by atoms with E-state index in [9.17, 15) is 9.90 Å². The molecule has 0 amide bonds. The van der Waals surface area contributed by atoms with Gasteiger partial charge in [0.15, 0.2) is 0 Å². The summed E-state index contributed by atoms with van der Waals surface area (Å²) in [5.41, 5.74) is 0.139. The predicted molar refractivity (Wildman–Crippen MR) is 77.2 cm³/mol. The van der Waals surface area contributed by atoms with E-state index in [0.717, 1.165) is 25.2 Å². The molecule has 0 bridgehead atoms. The van der Waals surface area contributed by atoms with Gasteiger partial charge in [-0.3, -0.25) is 4.79 Å². The van der Waals surface area contributed by atoms with Gasteiger partial charge in [-0.1, -0.05) is 13.8 Å². The summed E-state index contributed by atoms with van der Waals surface area (Å²) in [6.45, 7) is 4.57. The highest BCUT2D eigenvalue weighted by Gasteiger charge is 2.55. The van der Waals surface area contributed by atoms with Crippen molar-refractivity contribution < 1.29 is 15.0 Å². The Labute approximate surface area is 121 Å². The average molecular weight is 280 g/mol. The van der Waals surface area contributed by atoms with Crippen LogP contribution in [0, 0.1) is 35.0 Å². The quantitative estimate of drug-likeness (QED) is 0.816. The fourth-order valence-corrected chi connectivity index (χ4v) is 5.89. The molecule has 0 saturated heterocycles. The molecule has 3 nitrogen and oxygen atoms in total. The standard InChI is InChI=1S/C17H28O3/c1-10-11(9-16(19)20)3-4-13-12(10)7-8-17(2)14(13)5-6-15(17)18/h10-15,18H,3-9H2,1-2H3,(H,19,20). The number of aliphatic hydroxyl groups is 1. The van der Waals surface area contributed by atoms with Gasteiger partial charge in [0, 0.05) is 6.42 Å². The molecule has 20 heavy (non-hydrogen) atoms. The fourth-order valence-electron chi connectivity index (χ4n) is 5.89. The number of hydrogen-bond acceptors (Lipinski definition) is 2. The maximum atomic E-state index is 11.0. The highest BCUT2D eigenvalue weighted by molar-refractivity contribution is 5.67. The Morgan fingerprint density at radius 1 is 1.15 bits per heavy atom. The Morgan fingerprint density at radius 2 is 1.90 bits per heavy atom. The van der Waals surface area contributed by atoms with Crippen LogP contribution >= 0.6 is 0 Å². The third-order valence-corrected chi connectivity index (χ3v) is 7.17. The third-order valence-electron chi connectivity index (χ3n) is 7.17. The zero-order valence-electron chi connectivity index (χ0n) is 12.7. The predicted octanol–water partition coefficient (Wildman–Crippen LogP) is 3.31. The van der Waals surface area contributed by atoms with Crippen LogP contribution in [-0.2, 0) is 4.79 Å². The zero-order chi connectivity index (χ0) is 14.5. The second kappa shape index (κ2) is 5.01. The number of rotatable bonds is 2. The monoisotopic (exact) mass is 280 g/mol. The van der Waals surface area contributed by atoms with E-state index in [4.69, 9.17) is 5.11 Å². The summed E-state index contributed by atoms with van der Waals surface area (Å²) >= 11 is 0. The van der Waals surface area contributed by atoms with Gasteiger partial charge in [-0.25, -0.2) is 0 Å². The minimum absolute atomic E-state index is 0.111. The second-order valence-electron chi connectivity index (χ2n) is 7.87. The lowest BCUT2D eigenvalue weighted by Crippen LogP contribution is -2.48. The summed E-state index contributed by atoms with van der Waals surface area (Å²) in [6.07, 6.45) is 6.94. The number of aliphatic hydroxyl groups excluding tert-OH is 1. The van der Waals surface area contributed by atoms with E-state index in [1.165, 1.54) is 19.3 Å². The molecule has 0 aliphatic heterocycles. The largest absolute Gasteiger partial charge is 0.481 e. The van der Waals surface area contributed by atoms with Gasteiger partial charge in [0.05, 0.1) is 6.10 Å². The van der Waals surface area contributed by atoms with Crippen molar-refractivity contribution in [1.29, 1.82) is 0 Å². The SMILES string of the molecule is CC1C(CC(=O)O)CCC2C1CCC1(C)C(O)CCC21. The fraction of sp³-hybridized carbons (Fsp3) is 0.941. The number of carboxylic acid groups (broad SMARTS) is 1. The summed E-state index contributed by atoms with van der Waals surface area (Å²) in [4.78, 5) is 11.0. The first kappa shape index (κ1) is 14.4. The van der Waals surface area contributed by atoms with Crippen LogP contribution in [0.4, 0.5) is 0 Å². The normalized spacial score (nSPS) is 51.4. The van der Waals surface area contributed by atoms with Crippen LogP contribution in [0.15, 0.2) is 0 Å². The van der Waals surface area contributed by atoms with Crippen LogP contribution in [0.1, 0.15) is 58.8 Å². The Kier molecular flexibility index (Phi) is 3.60. The highest BCUT2D eigenvalue weighted by atomic mass is 16.4. The average Bonchev–Trinajstić information content (AvgIpc) is 2.69. The molecule has 0 aromatic heterocycles. The van der Waals surface area contributed by atoms with Crippen LogP contribution in [-0.4, -0.2) is 22.3 Å². The third kappa shape index (κ3) is 2.09. The van der Waals surface area contributed by atoms with Crippen LogP contribution in [0.25, 0.3) is 0 Å². The van der Waals surface area contributed by atoms with Crippen LogP contribution in [0.3, 0.4) is 0 Å². The number of hydrogen-bond donors (Lipinski definition) is 2. The molecule has 0 aromatic rings. The van der Waals surface area contributed by atoms with Crippen molar-refractivity contribution in [2.75, 3.05) is 0 Å². The second-order valence-corrected chi connectivity index (χ2v) is 7.87. The molecule has 7 atom stereocenters. The van der Waals surface area contributed by atoms with Crippen molar-refractivity contribution in [2.24, 2.45) is 35.0 Å². The molecular formula is C17H28O3. The van der Waals surface area contributed by atoms with Gasteiger partial charge in [0.25, 0.3) is 0 Å². The number of fused-ring (bicyclic) bond motifs is 3. The summed E-state index contributed by atoms with van der Waals surface area (Å²) in [5, 5.41) is 19.4. The first-order valence-electron chi connectivity index (χ1n) is 8.33. The summed E-state index contributed by atoms with van der Waals surface area (Å²) in [5.74, 6) is 2.35. The lowest BCUT2D eigenvalue weighted by Gasteiger charge is -2.53. The van der Waals surface area contributed by atoms with E-state index in [1.54, 1.807) is 0 Å². The smallest absolute Gasteiger partial charge is 0.303 e. The van der Waals surface area contributed by atoms with Crippen LogP contribution < -0.4 is 0 Å². The van der Waals surface area contributed by atoms with Crippen molar-refractivity contribution in [3.05, 3.63) is 0 Å². The Bertz CT molecular complexity index is 394. The van der Waals surface area contributed by atoms with Gasteiger partial charge >= 0.3 is 5.97 Å². The van der Waals surface area contributed by atoms with Gasteiger partial charge < -0.3 is 10.2 Å². The summed E-state index contributed by atoms with van der Waals surface area (Å²) < 4.78 is 0. The highest BCUT2D eigenvalue weighted by Crippen LogP contribution is 2.61. The van der Waals surface area contributed by atoms with Crippen molar-refractivity contribution in [1.82, 2.24) is 0 Å². The molecule has 7 unspecified atom stereocenters. The maximum absolute atomic E-state index is 11.0. The Hall–Kier alpha value is -0.570. The van der Waals surface area contributed by atoms with Crippen molar-refractivity contribution in [3.63, 3.8) is 0 Å². The van der Waals surface area contributed by atoms with Gasteiger partial charge in [-0.15, -0.1) is 0 Å². The van der Waals surface area contributed by atoms with Crippen molar-refractivity contribution >= 4 is 5.97 Å². The van der Waals surface area contributed by atoms with E-state index in [-0.39, 0.29) is 11.5 Å². The first-order valence-corrected chi connectivity index (χ1v) is 8.33. The van der Waals surface area contributed by atoms with Crippen LogP contribution in [0.5, 0.6) is 0 Å². The van der Waals surface area contributed by atoms with E-state index in [2.05, 4.69) is 13.8 Å². The van der Waals surface area contributed by atoms with E-state index in [1.807, 2.05) is 0 Å². The number of carbonyl (C=O) groups is 1. The van der Waals surface area contributed by atoms with Gasteiger partial charge in [0.1, 0.15) is 0 Å². The van der Waals surface area contributed by atoms with Crippen molar-refractivity contribution in [2.45, 2.75) is 64.9 Å². The minimum atomic E-state index is -0.641. The molecule has 114 valence electrons. The minimum Gasteiger partial charge on any atom is -0.481 e. The topological polar surface area (TPSA) is 57.5 Å². The van der Waals surface area contributed by atoms with Gasteiger partial charge in [-0.05, 0) is 73.5 Å². The summed E-state index contributed by atoms with van der Waals surface area (Å²) in [7, 11) is 0. The molecule has 3 rings (SSSR count). The maximum Gasteiger partial charge on any atom is 0.303 e. The number of aliphatic carboxylic acids is 1. The molecule has 2 N–H and O–H groups in total. The van der Waals surface area contributed by atoms with Gasteiger partial charge in [0.2, 0.25) is 0 Å². The van der Waals surface area contributed by atoms with Crippen LogP contribution in [0.2, 0.25) is 0 Å². The Morgan fingerprint density at radius 3 is 2.60 bits per heavy atom. The summed E-state index contributed by atoms with van der Waals surface area (Å²) in [6, 6.07) is 0. The van der Waals surface area contributed by atoms with Crippen molar-refractivity contribution in [3.8, 4) is 0 Å². The molecule has 0 heterocycles. The molecule has 0 aromatic carbocycles. The first-order chi connectivity index (χ1) is 9.43. The molecular weight excluding hydrogens is 252 g/mol. The molecule has 3 heteroatoms. The van der Waals surface area contributed by atoms with E-state index < -0.39 is 5.97 Å². The van der Waals surface area contributed by atoms with E-state index >= 15 is 0 Å². The zero-order valence-corrected chi connectivity index (χ0v) is 12.7. The van der Waals surface area contributed by atoms with E-state index in [0.29, 0.717) is 30.1 Å². The van der Waals surface area contributed by atoms with Gasteiger partial charge in [-0.2, -0.15) is 0 Å². The molecule has 3 aliphatic carbocycles. The lowest BCUT2D eigenvalue weighted by atomic mass is 9.52. The molecule has 3 saturated carbocycles. The molecule has 3 aliphatic rings. The molecule has 0 radical (unpaired) electrons. The number of carboxylic acids is 1. The lowest BCUT2D eigenvalue weighted by molar-refractivity contribution is -0.140. The Balaban J connectivity index is 1.76.